The van der Waals surface area contributed by atoms with E-state index in [4.69, 9.17) is 4.74 Å². The molecule has 0 aliphatic carbocycles. The van der Waals surface area contributed by atoms with Gasteiger partial charge in [-0.3, -0.25) is 9.59 Å². The molecule has 1 fully saturated rings. The van der Waals surface area contributed by atoms with Gasteiger partial charge in [-0.05, 0) is 30.5 Å². The van der Waals surface area contributed by atoms with E-state index in [9.17, 15) is 14.0 Å². The van der Waals surface area contributed by atoms with Crippen LogP contribution in [0.4, 0.5) is 4.39 Å². The average molecular weight is 336 g/mol. The highest BCUT2D eigenvalue weighted by atomic mass is 19.1. The Bertz CT molecular complexity index is 548. The quantitative estimate of drug-likeness (QED) is 0.778. The zero-order valence-corrected chi connectivity index (χ0v) is 14.1. The fourth-order valence-corrected chi connectivity index (χ4v) is 2.76. The minimum atomic E-state index is -0.276. The normalized spacial score (nSPS) is 17.6. The number of halogens is 1. The van der Waals surface area contributed by atoms with E-state index in [0.717, 1.165) is 24.8 Å². The predicted octanol–water partition coefficient (Wildman–Crippen LogP) is 2.42. The van der Waals surface area contributed by atoms with Crippen molar-refractivity contribution in [2.45, 2.75) is 38.7 Å². The van der Waals surface area contributed by atoms with Crippen LogP contribution in [0.1, 0.15) is 44.3 Å². The third-order valence-corrected chi connectivity index (χ3v) is 4.10. The number of carbonyl (C=O) groups excluding carboxylic acids is 2. The Balaban J connectivity index is 1.72. The van der Waals surface area contributed by atoms with Gasteiger partial charge in [-0.2, -0.15) is 0 Å². The Morgan fingerprint density at radius 2 is 2.00 bits per heavy atom. The molecule has 1 aliphatic heterocycles. The Morgan fingerprint density at radius 3 is 2.71 bits per heavy atom. The number of amides is 2. The molecule has 0 bridgehead atoms. The molecule has 1 heterocycles. The smallest absolute Gasteiger partial charge is 0.222 e. The molecule has 1 aromatic carbocycles. The molecule has 0 spiro atoms. The highest BCUT2D eigenvalue weighted by Crippen LogP contribution is 2.23. The molecule has 0 radical (unpaired) electrons. The summed E-state index contributed by atoms with van der Waals surface area (Å²) in [5.74, 6) is -0.169. The van der Waals surface area contributed by atoms with E-state index in [1.165, 1.54) is 19.1 Å². The van der Waals surface area contributed by atoms with Gasteiger partial charge >= 0.3 is 0 Å². The zero-order valence-electron chi connectivity index (χ0n) is 14.1. The summed E-state index contributed by atoms with van der Waals surface area (Å²) in [6, 6.07) is 6.23. The lowest BCUT2D eigenvalue weighted by Gasteiger charge is -2.33. The topological polar surface area (TPSA) is 58.6 Å². The largest absolute Gasteiger partial charge is 0.370 e. The van der Waals surface area contributed by atoms with Crippen molar-refractivity contribution in [1.29, 1.82) is 0 Å². The third kappa shape index (κ3) is 5.92. The van der Waals surface area contributed by atoms with Gasteiger partial charge in [0.1, 0.15) is 11.9 Å². The number of rotatable bonds is 7. The van der Waals surface area contributed by atoms with Gasteiger partial charge in [-0.15, -0.1) is 0 Å². The number of unbranched alkanes of at least 4 members (excludes halogenated alkanes) is 2. The molecule has 2 rings (SSSR count). The fourth-order valence-electron chi connectivity index (χ4n) is 2.76. The summed E-state index contributed by atoms with van der Waals surface area (Å²) in [7, 11) is 0. The summed E-state index contributed by atoms with van der Waals surface area (Å²) < 4.78 is 18.7. The van der Waals surface area contributed by atoms with E-state index in [2.05, 4.69) is 5.32 Å². The van der Waals surface area contributed by atoms with Crippen molar-refractivity contribution < 1.29 is 18.7 Å². The average Bonchev–Trinajstić information content (AvgIpc) is 2.58. The molecule has 24 heavy (non-hydrogen) atoms. The second-order valence-electron chi connectivity index (χ2n) is 6.04. The van der Waals surface area contributed by atoms with Crippen molar-refractivity contribution in [3.63, 3.8) is 0 Å². The van der Waals surface area contributed by atoms with E-state index >= 15 is 0 Å². The number of hydrogen-bond donors (Lipinski definition) is 1. The van der Waals surface area contributed by atoms with Crippen molar-refractivity contribution in [2.75, 3.05) is 26.2 Å². The Labute approximate surface area is 142 Å². The van der Waals surface area contributed by atoms with Crippen LogP contribution in [-0.4, -0.2) is 43.0 Å². The summed E-state index contributed by atoms with van der Waals surface area (Å²) in [6.07, 6.45) is 2.93. The van der Waals surface area contributed by atoms with E-state index in [1.807, 2.05) is 4.90 Å². The van der Waals surface area contributed by atoms with Gasteiger partial charge in [0.05, 0.1) is 13.2 Å². The van der Waals surface area contributed by atoms with Crippen LogP contribution in [0.15, 0.2) is 24.3 Å². The minimum absolute atomic E-state index is 0.0220. The van der Waals surface area contributed by atoms with Gasteiger partial charge < -0.3 is 15.0 Å². The zero-order chi connectivity index (χ0) is 17.4. The second-order valence-corrected chi connectivity index (χ2v) is 6.04. The lowest BCUT2D eigenvalue weighted by Crippen LogP contribution is -2.42. The minimum Gasteiger partial charge on any atom is -0.370 e. The van der Waals surface area contributed by atoms with Crippen LogP contribution >= 0.6 is 0 Å². The summed E-state index contributed by atoms with van der Waals surface area (Å²) in [5, 5.41) is 2.75. The van der Waals surface area contributed by atoms with Crippen molar-refractivity contribution in [3.05, 3.63) is 35.6 Å². The van der Waals surface area contributed by atoms with Crippen LogP contribution in [0.3, 0.4) is 0 Å². The molecule has 1 aromatic rings. The summed E-state index contributed by atoms with van der Waals surface area (Å²) in [5.41, 5.74) is 0.893. The molecule has 2 amide bonds. The van der Waals surface area contributed by atoms with Gasteiger partial charge in [-0.1, -0.05) is 18.6 Å². The van der Waals surface area contributed by atoms with E-state index in [-0.39, 0.29) is 23.7 Å². The number of nitrogens with one attached hydrogen (secondary N) is 1. The SMILES string of the molecule is CC(=O)NCCCCCC(=O)N1CCO[C@@H](c2ccc(F)cc2)C1. The fraction of sp³-hybridized carbons (Fsp3) is 0.556. The highest BCUT2D eigenvalue weighted by molar-refractivity contribution is 5.76. The third-order valence-electron chi connectivity index (χ3n) is 4.10. The van der Waals surface area contributed by atoms with Crippen LogP contribution in [0.2, 0.25) is 0 Å². The Morgan fingerprint density at radius 1 is 1.25 bits per heavy atom. The molecule has 1 N–H and O–H groups in total. The van der Waals surface area contributed by atoms with Gasteiger partial charge in [0.2, 0.25) is 11.8 Å². The van der Waals surface area contributed by atoms with Crippen molar-refractivity contribution >= 4 is 11.8 Å². The molecule has 0 saturated carbocycles. The first-order valence-electron chi connectivity index (χ1n) is 8.45. The Kier molecular flexibility index (Phi) is 7.18. The number of hydrogen-bond acceptors (Lipinski definition) is 3. The summed E-state index contributed by atoms with van der Waals surface area (Å²) in [4.78, 5) is 24.9. The number of nitrogens with zero attached hydrogens (tertiary/aromatic N) is 1. The Hall–Kier alpha value is -1.95. The van der Waals surface area contributed by atoms with Crippen LogP contribution in [0, 0.1) is 5.82 Å². The van der Waals surface area contributed by atoms with Crippen molar-refractivity contribution in [2.24, 2.45) is 0 Å². The van der Waals surface area contributed by atoms with E-state index in [1.54, 1.807) is 12.1 Å². The molecular formula is C18H25FN2O3. The number of ether oxygens (including phenoxy) is 1. The molecule has 0 aromatic heterocycles. The molecule has 1 aliphatic rings. The number of morpholine rings is 1. The van der Waals surface area contributed by atoms with Gasteiger partial charge in [0.25, 0.3) is 0 Å². The molecular weight excluding hydrogens is 311 g/mol. The first kappa shape index (κ1) is 18.4. The van der Waals surface area contributed by atoms with Crippen LogP contribution in [0.25, 0.3) is 0 Å². The van der Waals surface area contributed by atoms with Gasteiger partial charge in [0, 0.05) is 26.4 Å². The maximum atomic E-state index is 13.0. The van der Waals surface area contributed by atoms with Gasteiger partial charge in [-0.25, -0.2) is 4.39 Å². The standard InChI is InChI=1S/C18H25FN2O3/c1-14(22)20-10-4-2-3-5-18(23)21-11-12-24-17(13-21)15-6-8-16(19)9-7-15/h6-9,17H,2-5,10-13H2,1H3,(H,20,22)/t17-/m1/s1. The van der Waals surface area contributed by atoms with Crippen molar-refractivity contribution in [3.8, 4) is 0 Å². The van der Waals surface area contributed by atoms with Crippen LogP contribution < -0.4 is 5.32 Å². The highest BCUT2D eigenvalue weighted by Gasteiger charge is 2.24. The maximum absolute atomic E-state index is 13.0. The van der Waals surface area contributed by atoms with Gasteiger partial charge in [0.15, 0.2) is 0 Å². The lowest BCUT2D eigenvalue weighted by atomic mass is 10.1. The van der Waals surface area contributed by atoms with Crippen LogP contribution in [0.5, 0.6) is 0 Å². The predicted molar refractivity (Wildman–Crippen MR) is 88.8 cm³/mol. The first-order chi connectivity index (χ1) is 11.6. The molecule has 132 valence electrons. The molecule has 6 heteroatoms. The molecule has 1 atom stereocenters. The van der Waals surface area contributed by atoms with E-state index in [0.29, 0.717) is 32.7 Å². The second kappa shape index (κ2) is 9.37. The monoisotopic (exact) mass is 336 g/mol. The molecule has 0 unspecified atom stereocenters. The maximum Gasteiger partial charge on any atom is 0.222 e. The lowest BCUT2D eigenvalue weighted by molar-refractivity contribution is -0.139. The van der Waals surface area contributed by atoms with E-state index < -0.39 is 0 Å². The van der Waals surface area contributed by atoms with Crippen LogP contribution in [-0.2, 0) is 14.3 Å². The summed E-state index contributed by atoms with van der Waals surface area (Å²) in [6.45, 7) is 3.77. The molecule has 1 saturated heterocycles. The first-order valence-corrected chi connectivity index (χ1v) is 8.45. The summed E-state index contributed by atoms with van der Waals surface area (Å²) >= 11 is 0. The van der Waals surface area contributed by atoms with Crippen molar-refractivity contribution in [1.82, 2.24) is 10.2 Å². The molecule has 5 nitrogen and oxygen atoms in total. The number of carbonyl (C=O) groups is 2. The number of benzene rings is 1.